The molecule has 0 amide bonds. The van der Waals surface area contributed by atoms with Gasteiger partial charge in [-0.15, -0.1) is 0 Å². The van der Waals surface area contributed by atoms with E-state index in [4.69, 9.17) is 13.3 Å². The number of hydrogen-bond donors (Lipinski definition) is 0. The first kappa shape index (κ1) is 13.8. The van der Waals surface area contributed by atoms with Crippen LogP contribution < -0.4 is 0 Å². The Morgan fingerprint density at radius 2 is 1.05 bits per heavy atom. The molecule has 0 radical (unpaired) electrons. The van der Waals surface area contributed by atoms with Gasteiger partial charge in [0, 0.05) is 25.8 Å². The maximum absolute atomic E-state index is 6.20. The summed E-state index contributed by atoms with van der Waals surface area (Å²) in [6.07, 6.45) is 16.5. The Morgan fingerprint density at radius 3 is 1.30 bits per heavy atom. The largest absolute Gasteiger partial charge is 0.695 e. The lowest BCUT2D eigenvalue weighted by Crippen LogP contribution is -2.41. The van der Waals surface area contributed by atoms with Crippen molar-refractivity contribution < 1.29 is 13.3 Å². The van der Waals surface area contributed by atoms with Crippen LogP contribution in [0.1, 0.15) is 57.8 Å². The van der Waals surface area contributed by atoms with E-state index in [9.17, 15) is 0 Å². The molecule has 3 aliphatic rings. The van der Waals surface area contributed by atoms with Crippen LogP contribution in [-0.2, 0) is 13.3 Å². The Hall–Kier alpha value is -1.16. The van der Waals surface area contributed by atoms with Gasteiger partial charge in [-0.1, -0.05) is 0 Å². The lowest BCUT2D eigenvalue weighted by molar-refractivity contribution is 0.143. The standard InChI is InChI=1S/C16H24O3Si/c1-20(17-14-8-2-3-9-14,18-15-10-4-5-11-15)19-16-12-6-7-13-16/h8,10,12H,2-7,9,11,13H2,1H3. The predicted molar refractivity (Wildman–Crippen MR) is 80.7 cm³/mol. The fourth-order valence-electron chi connectivity index (χ4n) is 2.98. The summed E-state index contributed by atoms with van der Waals surface area (Å²) in [7, 11) is -2.65. The van der Waals surface area contributed by atoms with E-state index >= 15 is 0 Å². The van der Waals surface area contributed by atoms with E-state index in [1.54, 1.807) is 0 Å². The van der Waals surface area contributed by atoms with E-state index in [-0.39, 0.29) is 0 Å². The third-order valence-corrected chi connectivity index (χ3v) is 5.85. The molecule has 0 bridgehead atoms. The van der Waals surface area contributed by atoms with Gasteiger partial charge < -0.3 is 13.3 Å². The molecule has 0 aromatic carbocycles. The maximum Gasteiger partial charge on any atom is 0.695 e. The van der Waals surface area contributed by atoms with Crippen molar-refractivity contribution in [3.63, 3.8) is 0 Å². The zero-order valence-corrected chi connectivity index (χ0v) is 13.3. The van der Waals surface area contributed by atoms with Crippen LogP contribution in [-0.4, -0.2) is 8.80 Å². The van der Waals surface area contributed by atoms with Gasteiger partial charge in [0.05, 0.1) is 17.3 Å². The Bertz CT molecular complexity index is 386. The van der Waals surface area contributed by atoms with Gasteiger partial charge in [0.25, 0.3) is 0 Å². The molecule has 20 heavy (non-hydrogen) atoms. The van der Waals surface area contributed by atoms with Gasteiger partial charge in [0.15, 0.2) is 0 Å². The zero-order chi connectivity index (χ0) is 13.8. The van der Waals surface area contributed by atoms with E-state index in [1.807, 2.05) is 6.55 Å². The van der Waals surface area contributed by atoms with Crippen LogP contribution in [0, 0.1) is 0 Å². The third-order valence-electron chi connectivity index (χ3n) is 3.95. The van der Waals surface area contributed by atoms with Gasteiger partial charge in [-0.05, 0) is 56.8 Å². The zero-order valence-electron chi connectivity index (χ0n) is 12.3. The molecular formula is C16H24O3Si. The SMILES string of the molecule is C[Si](OC1=CCCC1)(OC1=CCCC1)OC1=CCCC1. The Balaban J connectivity index is 1.69. The van der Waals surface area contributed by atoms with Crippen molar-refractivity contribution in [2.75, 3.05) is 0 Å². The minimum absolute atomic E-state index is 1.02. The van der Waals surface area contributed by atoms with Crippen LogP contribution in [0.25, 0.3) is 0 Å². The van der Waals surface area contributed by atoms with Crippen molar-refractivity contribution in [1.29, 1.82) is 0 Å². The van der Waals surface area contributed by atoms with Gasteiger partial charge in [0.1, 0.15) is 0 Å². The van der Waals surface area contributed by atoms with Gasteiger partial charge in [-0.2, -0.15) is 0 Å². The van der Waals surface area contributed by atoms with Crippen LogP contribution in [0.2, 0.25) is 6.55 Å². The summed E-state index contributed by atoms with van der Waals surface area (Å²) in [6, 6.07) is 0. The highest BCUT2D eigenvalue weighted by molar-refractivity contribution is 6.60. The summed E-state index contributed by atoms with van der Waals surface area (Å²) in [6.45, 7) is 2.03. The first-order chi connectivity index (χ1) is 9.73. The minimum Gasteiger partial charge on any atom is -0.488 e. The van der Waals surface area contributed by atoms with Crippen molar-refractivity contribution in [2.45, 2.75) is 64.3 Å². The molecule has 0 spiro atoms. The van der Waals surface area contributed by atoms with Crippen LogP contribution in [0.15, 0.2) is 35.5 Å². The monoisotopic (exact) mass is 292 g/mol. The fraction of sp³-hybridized carbons (Fsp3) is 0.625. The topological polar surface area (TPSA) is 27.7 Å². The smallest absolute Gasteiger partial charge is 0.488 e. The Morgan fingerprint density at radius 1 is 0.700 bits per heavy atom. The molecule has 3 nitrogen and oxygen atoms in total. The number of allylic oxidation sites excluding steroid dienone is 6. The average molecular weight is 292 g/mol. The van der Waals surface area contributed by atoms with Crippen molar-refractivity contribution in [3.05, 3.63) is 35.5 Å². The quantitative estimate of drug-likeness (QED) is 0.658. The molecule has 0 heterocycles. The second kappa shape index (κ2) is 6.08. The molecule has 0 N–H and O–H groups in total. The van der Waals surface area contributed by atoms with Crippen LogP contribution in [0.4, 0.5) is 0 Å². The highest BCUT2D eigenvalue weighted by Gasteiger charge is 2.45. The summed E-state index contributed by atoms with van der Waals surface area (Å²) in [5, 5.41) is 0. The van der Waals surface area contributed by atoms with Crippen molar-refractivity contribution >= 4 is 8.80 Å². The normalized spacial score (nSPS) is 22.4. The summed E-state index contributed by atoms with van der Waals surface area (Å²) >= 11 is 0. The molecule has 0 aliphatic heterocycles. The first-order valence-corrected chi connectivity index (χ1v) is 10.1. The van der Waals surface area contributed by atoms with Gasteiger partial charge in [-0.3, -0.25) is 0 Å². The van der Waals surface area contributed by atoms with Gasteiger partial charge in [0.2, 0.25) is 0 Å². The van der Waals surface area contributed by atoms with Gasteiger partial charge >= 0.3 is 8.80 Å². The molecule has 0 fully saturated rings. The molecule has 0 unspecified atom stereocenters. The Labute approximate surface area is 122 Å². The van der Waals surface area contributed by atoms with Crippen LogP contribution in [0.5, 0.6) is 0 Å². The predicted octanol–water partition coefficient (Wildman–Crippen LogP) is 4.81. The molecule has 110 valence electrons. The molecule has 0 saturated carbocycles. The summed E-state index contributed by atoms with van der Waals surface area (Å²) in [4.78, 5) is 0. The number of hydrogen-bond acceptors (Lipinski definition) is 3. The average Bonchev–Trinajstić information content (AvgIpc) is 3.11. The second-order valence-corrected chi connectivity index (χ2v) is 8.19. The first-order valence-electron chi connectivity index (χ1n) is 7.88. The second-order valence-electron chi connectivity index (χ2n) is 5.86. The number of rotatable bonds is 6. The van der Waals surface area contributed by atoms with E-state index in [2.05, 4.69) is 18.2 Å². The molecular weight excluding hydrogens is 268 g/mol. The molecule has 3 rings (SSSR count). The molecule has 0 aromatic heterocycles. The molecule has 0 atom stereocenters. The lowest BCUT2D eigenvalue weighted by Gasteiger charge is -2.29. The molecule has 3 aliphatic carbocycles. The molecule has 0 saturated heterocycles. The van der Waals surface area contributed by atoms with Crippen LogP contribution in [0.3, 0.4) is 0 Å². The summed E-state index contributed by atoms with van der Waals surface area (Å²) < 4.78 is 18.6. The van der Waals surface area contributed by atoms with Crippen molar-refractivity contribution in [3.8, 4) is 0 Å². The highest BCUT2D eigenvalue weighted by Crippen LogP contribution is 2.32. The summed E-state index contributed by atoms with van der Waals surface area (Å²) in [5.41, 5.74) is 0. The summed E-state index contributed by atoms with van der Waals surface area (Å²) in [5.74, 6) is 3.20. The van der Waals surface area contributed by atoms with Crippen molar-refractivity contribution in [1.82, 2.24) is 0 Å². The maximum atomic E-state index is 6.20. The van der Waals surface area contributed by atoms with E-state index < -0.39 is 8.80 Å². The van der Waals surface area contributed by atoms with Gasteiger partial charge in [-0.25, -0.2) is 0 Å². The van der Waals surface area contributed by atoms with Crippen molar-refractivity contribution in [2.24, 2.45) is 0 Å². The third kappa shape index (κ3) is 3.48. The lowest BCUT2D eigenvalue weighted by atomic mass is 10.4. The van der Waals surface area contributed by atoms with E-state index in [0.717, 1.165) is 55.8 Å². The fourth-order valence-corrected chi connectivity index (χ4v) is 5.09. The van der Waals surface area contributed by atoms with Crippen LogP contribution >= 0.6 is 0 Å². The highest BCUT2D eigenvalue weighted by atomic mass is 28.4. The minimum atomic E-state index is -2.65. The van der Waals surface area contributed by atoms with E-state index in [0.29, 0.717) is 0 Å². The molecule has 0 aromatic rings. The molecule has 4 heteroatoms. The van der Waals surface area contributed by atoms with E-state index in [1.165, 1.54) is 19.3 Å². The Kier molecular flexibility index (Phi) is 4.20.